The van der Waals surface area contributed by atoms with Gasteiger partial charge < -0.3 is 0 Å². The summed E-state index contributed by atoms with van der Waals surface area (Å²) in [5, 5.41) is 0. The summed E-state index contributed by atoms with van der Waals surface area (Å²) in [7, 11) is -3.61. The van der Waals surface area contributed by atoms with Gasteiger partial charge in [-0.3, -0.25) is 9.52 Å². The van der Waals surface area contributed by atoms with Crippen molar-refractivity contribution in [3.05, 3.63) is 65.2 Å². The summed E-state index contributed by atoms with van der Waals surface area (Å²) in [6, 6.07) is 11.9. The Labute approximate surface area is 136 Å². The van der Waals surface area contributed by atoms with E-state index in [4.69, 9.17) is 0 Å². The number of aryl methyl sites for hydroxylation is 2. The van der Waals surface area contributed by atoms with E-state index in [0.717, 1.165) is 16.7 Å². The Morgan fingerprint density at radius 1 is 1.00 bits per heavy atom. The van der Waals surface area contributed by atoms with Gasteiger partial charge in [0.15, 0.2) is 5.78 Å². The third-order valence-corrected chi connectivity index (χ3v) is 4.84. The molecule has 0 aromatic heterocycles. The van der Waals surface area contributed by atoms with Crippen LogP contribution >= 0.6 is 0 Å². The number of sulfonamides is 1. The first-order chi connectivity index (χ1) is 10.8. The average Bonchev–Trinajstić information content (AvgIpc) is 2.49. The molecule has 5 heteroatoms. The molecular formula is C18H19NO3S. The molecule has 0 aliphatic carbocycles. The number of allylic oxidation sites excluding steroid dienone is 1. The summed E-state index contributed by atoms with van der Waals surface area (Å²) >= 11 is 0. The molecule has 0 atom stereocenters. The van der Waals surface area contributed by atoms with Crippen molar-refractivity contribution in [2.24, 2.45) is 0 Å². The molecule has 0 unspecified atom stereocenters. The van der Waals surface area contributed by atoms with E-state index in [-0.39, 0.29) is 10.7 Å². The molecule has 2 rings (SSSR count). The van der Waals surface area contributed by atoms with E-state index in [1.54, 1.807) is 48.5 Å². The molecule has 2 aromatic rings. The summed E-state index contributed by atoms with van der Waals surface area (Å²) in [4.78, 5) is 11.1. The molecule has 120 valence electrons. The van der Waals surface area contributed by atoms with Crippen molar-refractivity contribution in [1.29, 1.82) is 0 Å². The zero-order chi connectivity index (χ0) is 17.0. The summed E-state index contributed by atoms with van der Waals surface area (Å²) in [6.07, 6.45) is 3.15. The third-order valence-electron chi connectivity index (χ3n) is 3.46. The van der Waals surface area contributed by atoms with Crippen LogP contribution < -0.4 is 4.72 Å². The second-order valence-corrected chi connectivity index (χ2v) is 7.10. The van der Waals surface area contributed by atoms with Crippen LogP contribution in [0.3, 0.4) is 0 Å². The molecule has 0 saturated carbocycles. The van der Waals surface area contributed by atoms with Gasteiger partial charge in [-0.05, 0) is 67.8 Å². The fourth-order valence-corrected chi connectivity index (χ4v) is 3.11. The van der Waals surface area contributed by atoms with Crippen LogP contribution in [0, 0.1) is 13.8 Å². The second-order valence-electron chi connectivity index (χ2n) is 5.42. The van der Waals surface area contributed by atoms with Crippen molar-refractivity contribution >= 4 is 27.6 Å². The van der Waals surface area contributed by atoms with Crippen molar-refractivity contribution in [2.75, 3.05) is 4.72 Å². The van der Waals surface area contributed by atoms with Gasteiger partial charge in [0.1, 0.15) is 0 Å². The number of hydrogen-bond donors (Lipinski definition) is 1. The number of rotatable bonds is 5. The van der Waals surface area contributed by atoms with E-state index in [9.17, 15) is 13.2 Å². The Morgan fingerprint density at radius 2 is 1.65 bits per heavy atom. The van der Waals surface area contributed by atoms with Gasteiger partial charge in [-0.15, -0.1) is 0 Å². The molecule has 0 fully saturated rings. The van der Waals surface area contributed by atoms with Crippen molar-refractivity contribution in [1.82, 2.24) is 0 Å². The van der Waals surface area contributed by atoms with Gasteiger partial charge in [0.2, 0.25) is 0 Å². The van der Waals surface area contributed by atoms with Crippen LogP contribution in [-0.2, 0) is 14.8 Å². The van der Waals surface area contributed by atoms with E-state index >= 15 is 0 Å². The lowest BCUT2D eigenvalue weighted by Gasteiger charge is -2.10. The molecule has 0 heterocycles. The van der Waals surface area contributed by atoms with E-state index < -0.39 is 10.0 Å². The lowest BCUT2D eigenvalue weighted by Crippen LogP contribution is -2.13. The Hall–Kier alpha value is -2.40. The highest BCUT2D eigenvalue weighted by Crippen LogP contribution is 2.19. The molecule has 0 radical (unpaired) electrons. The Bertz CT molecular complexity index is 850. The zero-order valence-electron chi connectivity index (χ0n) is 13.3. The minimum Gasteiger partial charge on any atom is -0.295 e. The van der Waals surface area contributed by atoms with E-state index in [1.807, 2.05) is 13.8 Å². The Kier molecular flexibility index (Phi) is 5.01. The highest BCUT2D eigenvalue weighted by molar-refractivity contribution is 7.92. The summed E-state index contributed by atoms with van der Waals surface area (Å²) in [6.45, 7) is 5.29. The standard InChI is InChI=1S/C18H19NO3S/c1-13-4-11-18(12-14(13)2)23(21,22)19-17-9-7-16(8-10-17)6-5-15(3)20/h4-12,19H,1-3H3/b6-5+. The van der Waals surface area contributed by atoms with Crippen molar-refractivity contribution < 1.29 is 13.2 Å². The molecule has 4 nitrogen and oxygen atoms in total. The number of benzene rings is 2. The first-order valence-corrected chi connectivity index (χ1v) is 8.65. The van der Waals surface area contributed by atoms with Crippen LogP contribution in [0.15, 0.2) is 53.4 Å². The van der Waals surface area contributed by atoms with Crippen LogP contribution in [0.4, 0.5) is 5.69 Å². The van der Waals surface area contributed by atoms with E-state index in [0.29, 0.717) is 5.69 Å². The molecule has 0 aliphatic heterocycles. The Balaban J connectivity index is 2.20. The van der Waals surface area contributed by atoms with Crippen LogP contribution in [0.5, 0.6) is 0 Å². The predicted octanol–water partition coefficient (Wildman–Crippen LogP) is 3.71. The van der Waals surface area contributed by atoms with Crippen LogP contribution in [-0.4, -0.2) is 14.2 Å². The van der Waals surface area contributed by atoms with Gasteiger partial charge in [0.25, 0.3) is 10.0 Å². The molecule has 0 aliphatic rings. The average molecular weight is 329 g/mol. The van der Waals surface area contributed by atoms with Gasteiger partial charge >= 0.3 is 0 Å². The number of carbonyl (C=O) groups is 1. The molecule has 1 N–H and O–H groups in total. The normalized spacial score (nSPS) is 11.6. The minimum absolute atomic E-state index is 0.0375. The van der Waals surface area contributed by atoms with Crippen LogP contribution in [0.2, 0.25) is 0 Å². The minimum atomic E-state index is -3.61. The highest BCUT2D eigenvalue weighted by Gasteiger charge is 2.14. The number of nitrogens with one attached hydrogen (secondary N) is 1. The van der Waals surface area contributed by atoms with Gasteiger partial charge in [-0.1, -0.05) is 24.3 Å². The highest BCUT2D eigenvalue weighted by atomic mass is 32.2. The van der Waals surface area contributed by atoms with Gasteiger partial charge in [-0.25, -0.2) is 8.42 Å². The summed E-state index contributed by atoms with van der Waals surface area (Å²) < 4.78 is 27.3. The lowest BCUT2D eigenvalue weighted by atomic mass is 10.1. The fraction of sp³-hybridized carbons (Fsp3) is 0.167. The van der Waals surface area contributed by atoms with Gasteiger partial charge in [0, 0.05) is 5.69 Å². The maximum atomic E-state index is 12.4. The molecule has 0 bridgehead atoms. The lowest BCUT2D eigenvalue weighted by molar-refractivity contribution is -0.112. The maximum Gasteiger partial charge on any atom is 0.261 e. The molecule has 2 aromatic carbocycles. The summed E-state index contributed by atoms with van der Waals surface area (Å²) in [5.74, 6) is -0.0375. The largest absolute Gasteiger partial charge is 0.295 e. The van der Waals surface area contributed by atoms with Crippen LogP contribution in [0.1, 0.15) is 23.6 Å². The molecule has 0 spiro atoms. The molecule has 0 amide bonds. The molecule has 0 saturated heterocycles. The number of ketones is 1. The quantitative estimate of drug-likeness (QED) is 0.851. The monoisotopic (exact) mass is 329 g/mol. The number of anilines is 1. The molecular weight excluding hydrogens is 310 g/mol. The topological polar surface area (TPSA) is 63.2 Å². The van der Waals surface area contributed by atoms with Crippen molar-refractivity contribution in [2.45, 2.75) is 25.7 Å². The maximum absolute atomic E-state index is 12.4. The van der Waals surface area contributed by atoms with Crippen molar-refractivity contribution in [3.8, 4) is 0 Å². The second kappa shape index (κ2) is 6.79. The van der Waals surface area contributed by atoms with Gasteiger partial charge in [0.05, 0.1) is 4.90 Å². The fourth-order valence-electron chi connectivity index (χ4n) is 1.97. The number of hydrogen-bond acceptors (Lipinski definition) is 3. The van der Waals surface area contributed by atoms with Crippen LogP contribution in [0.25, 0.3) is 6.08 Å². The Morgan fingerprint density at radius 3 is 2.22 bits per heavy atom. The first kappa shape index (κ1) is 17.0. The first-order valence-electron chi connectivity index (χ1n) is 7.17. The predicted molar refractivity (Wildman–Crippen MR) is 92.9 cm³/mol. The summed E-state index contributed by atoms with van der Waals surface area (Å²) in [5.41, 5.74) is 3.28. The SMILES string of the molecule is CC(=O)/C=C/c1ccc(NS(=O)(=O)c2ccc(C)c(C)c2)cc1. The smallest absolute Gasteiger partial charge is 0.261 e. The molecule has 23 heavy (non-hydrogen) atoms. The van der Waals surface area contributed by atoms with E-state index in [2.05, 4.69) is 4.72 Å². The third kappa shape index (κ3) is 4.53. The van der Waals surface area contributed by atoms with Gasteiger partial charge in [-0.2, -0.15) is 0 Å². The van der Waals surface area contributed by atoms with Crippen molar-refractivity contribution in [3.63, 3.8) is 0 Å². The number of carbonyl (C=O) groups excluding carboxylic acids is 1. The van der Waals surface area contributed by atoms with E-state index in [1.165, 1.54) is 13.0 Å². The zero-order valence-corrected chi connectivity index (χ0v) is 14.1.